The minimum atomic E-state index is -0.165. The summed E-state index contributed by atoms with van der Waals surface area (Å²) in [5.41, 5.74) is 2.28. The van der Waals surface area contributed by atoms with Crippen molar-refractivity contribution in [3.63, 3.8) is 0 Å². The molecule has 3 aliphatic rings. The fourth-order valence-electron chi connectivity index (χ4n) is 4.05. The monoisotopic (exact) mass is 298 g/mol. The van der Waals surface area contributed by atoms with E-state index in [4.69, 9.17) is 0 Å². The lowest BCUT2D eigenvalue weighted by molar-refractivity contribution is -0.131. The van der Waals surface area contributed by atoms with E-state index in [1.165, 1.54) is 12.0 Å². The lowest BCUT2D eigenvalue weighted by Gasteiger charge is -2.35. The van der Waals surface area contributed by atoms with Crippen LogP contribution in [-0.4, -0.2) is 35.3 Å². The van der Waals surface area contributed by atoms with Crippen LogP contribution in [0.25, 0.3) is 0 Å². The summed E-state index contributed by atoms with van der Waals surface area (Å²) in [6.45, 7) is 2.71. The highest BCUT2D eigenvalue weighted by Crippen LogP contribution is 2.36. The van der Waals surface area contributed by atoms with Crippen LogP contribution in [0.4, 0.5) is 5.69 Å². The van der Waals surface area contributed by atoms with Crippen LogP contribution < -0.4 is 4.90 Å². The van der Waals surface area contributed by atoms with Crippen molar-refractivity contribution >= 4 is 17.5 Å². The second-order valence-corrected chi connectivity index (χ2v) is 6.92. The van der Waals surface area contributed by atoms with Crippen LogP contribution in [0.3, 0.4) is 0 Å². The number of anilines is 1. The van der Waals surface area contributed by atoms with Crippen molar-refractivity contribution in [3.8, 4) is 0 Å². The Bertz CT molecular complexity index is 623. The summed E-state index contributed by atoms with van der Waals surface area (Å²) in [7, 11) is 0. The first-order valence-electron chi connectivity index (χ1n) is 8.35. The highest BCUT2D eigenvalue weighted by molar-refractivity contribution is 6.01. The number of benzene rings is 1. The summed E-state index contributed by atoms with van der Waals surface area (Å²) < 4.78 is 0. The van der Waals surface area contributed by atoms with Gasteiger partial charge in [-0.15, -0.1) is 0 Å². The average Bonchev–Trinajstić information content (AvgIpc) is 2.97. The maximum Gasteiger partial charge on any atom is 0.232 e. The molecule has 1 aromatic carbocycles. The average molecular weight is 298 g/mol. The quantitative estimate of drug-likeness (QED) is 0.841. The molecule has 2 atom stereocenters. The van der Waals surface area contributed by atoms with Crippen molar-refractivity contribution in [1.82, 2.24) is 4.90 Å². The van der Waals surface area contributed by atoms with E-state index in [1.54, 1.807) is 0 Å². The third-order valence-corrected chi connectivity index (χ3v) is 5.47. The Balaban J connectivity index is 1.54. The molecule has 0 spiro atoms. The minimum Gasteiger partial charge on any atom is -0.339 e. The number of para-hydroxylation sites is 1. The third-order valence-electron chi connectivity index (χ3n) is 5.47. The van der Waals surface area contributed by atoms with Gasteiger partial charge in [-0.25, -0.2) is 0 Å². The molecule has 4 rings (SSSR count). The molecular formula is C18H22N2O2. The van der Waals surface area contributed by atoms with Crippen LogP contribution >= 0.6 is 0 Å². The molecule has 2 heterocycles. The Labute approximate surface area is 131 Å². The summed E-state index contributed by atoms with van der Waals surface area (Å²) >= 11 is 0. The first kappa shape index (κ1) is 13.8. The number of hydrogen-bond donors (Lipinski definition) is 0. The van der Waals surface area contributed by atoms with Gasteiger partial charge in [0.05, 0.1) is 5.92 Å². The van der Waals surface area contributed by atoms with Crippen LogP contribution in [0.15, 0.2) is 24.3 Å². The normalized spacial score (nSPS) is 28.0. The van der Waals surface area contributed by atoms with Gasteiger partial charge in [-0.1, -0.05) is 18.2 Å². The molecule has 0 N–H and O–H groups in total. The van der Waals surface area contributed by atoms with Crippen LogP contribution in [0.1, 0.15) is 38.2 Å². The van der Waals surface area contributed by atoms with E-state index < -0.39 is 0 Å². The van der Waals surface area contributed by atoms with E-state index in [0.29, 0.717) is 19.0 Å². The number of carbonyl (C=O) groups is 2. The number of rotatable bonds is 2. The molecule has 2 unspecified atom stereocenters. The number of amides is 2. The van der Waals surface area contributed by atoms with E-state index >= 15 is 0 Å². The Kier molecular flexibility index (Phi) is 3.21. The topological polar surface area (TPSA) is 40.6 Å². The molecule has 0 bridgehead atoms. The van der Waals surface area contributed by atoms with Gasteiger partial charge in [0.1, 0.15) is 0 Å². The third kappa shape index (κ3) is 2.04. The van der Waals surface area contributed by atoms with Crippen molar-refractivity contribution in [3.05, 3.63) is 29.8 Å². The van der Waals surface area contributed by atoms with E-state index in [0.717, 1.165) is 24.9 Å². The zero-order valence-corrected chi connectivity index (χ0v) is 13.0. The molecular weight excluding hydrogens is 276 g/mol. The van der Waals surface area contributed by atoms with Crippen LogP contribution in [-0.2, 0) is 16.0 Å². The van der Waals surface area contributed by atoms with E-state index in [2.05, 4.69) is 13.0 Å². The summed E-state index contributed by atoms with van der Waals surface area (Å²) in [5.74, 6) is 0.137. The molecule has 2 aliphatic heterocycles. The summed E-state index contributed by atoms with van der Waals surface area (Å²) in [5, 5.41) is 0. The van der Waals surface area contributed by atoms with Crippen molar-refractivity contribution in [2.75, 3.05) is 11.4 Å². The number of nitrogens with zero attached hydrogens (tertiary/aromatic N) is 2. The van der Waals surface area contributed by atoms with Gasteiger partial charge >= 0.3 is 0 Å². The van der Waals surface area contributed by atoms with Gasteiger partial charge in [0.2, 0.25) is 11.8 Å². The predicted octanol–water partition coefficient (Wildman–Crippen LogP) is 2.37. The Morgan fingerprint density at radius 2 is 1.95 bits per heavy atom. The Hall–Kier alpha value is -1.84. The molecule has 1 saturated heterocycles. The summed E-state index contributed by atoms with van der Waals surface area (Å²) in [6.07, 6.45) is 4.73. The van der Waals surface area contributed by atoms with Gasteiger partial charge in [-0.3, -0.25) is 9.59 Å². The van der Waals surface area contributed by atoms with Gasteiger partial charge in [-0.2, -0.15) is 0 Å². The zero-order valence-electron chi connectivity index (χ0n) is 13.0. The molecule has 4 heteroatoms. The Morgan fingerprint density at radius 3 is 2.68 bits per heavy atom. The zero-order chi connectivity index (χ0) is 15.3. The first-order valence-corrected chi connectivity index (χ1v) is 8.35. The maximum atomic E-state index is 13.0. The standard InChI is InChI=1S/C18H22N2O2/c1-12-9-13-5-2-3-8-16(13)20(12)18(22)14-10-17(21)19(11-14)15-6-4-7-15/h2-3,5,8,12,14-15H,4,6-7,9-11H2,1H3. The maximum absolute atomic E-state index is 13.0. The van der Waals surface area contributed by atoms with Gasteiger partial charge in [-0.05, 0) is 44.2 Å². The smallest absolute Gasteiger partial charge is 0.232 e. The van der Waals surface area contributed by atoms with Crippen molar-refractivity contribution < 1.29 is 9.59 Å². The highest BCUT2D eigenvalue weighted by Gasteiger charge is 2.43. The van der Waals surface area contributed by atoms with Gasteiger partial charge in [0, 0.05) is 30.7 Å². The van der Waals surface area contributed by atoms with Gasteiger partial charge in [0.15, 0.2) is 0 Å². The van der Waals surface area contributed by atoms with E-state index in [-0.39, 0.29) is 23.8 Å². The molecule has 116 valence electrons. The van der Waals surface area contributed by atoms with Crippen molar-refractivity contribution in [2.24, 2.45) is 5.92 Å². The van der Waals surface area contributed by atoms with Gasteiger partial charge < -0.3 is 9.80 Å². The SMILES string of the molecule is CC1Cc2ccccc2N1C(=O)C1CC(=O)N(C2CCC2)C1. The van der Waals surface area contributed by atoms with E-state index in [1.807, 2.05) is 28.0 Å². The highest BCUT2D eigenvalue weighted by atomic mass is 16.2. The largest absolute Gasteiger partial charge is 0.339 e. The molecule has 1 saturated carbocycles. The lowest BCUT2D eigenvalue weighted by atomic mass is 9.92. The molecule has 22 heavy (non-hydrogen) atoms. The van der Waals surface area contributed by atoms with Crippen LogP contribution in [0.5, 0.6) is 0 Å². The number of hydrogen-bond acceptors (Lipinski definition) is 2. The second-order valence-electron chi connectivity index (χ2n) is 6.92. The predicted molar refractivity (Wildman–Crippen MR) is 84.6 cm³/mol. The number of carbonyl (C=O) groups excluding carboxylic acids is 2. The number of likely N-dealkylation sites (tertiary alicyclic amines) is 1. The molecule has 2 fully saturated rings. The fraction of sp³-hybridized carbons (Fsp3) is 0.556. The lowest BCUT2D eigenvalue weighted by Crippen LogP contribution is -2.43. The molecule has 1 aliphatic carbocycles. The summed E-state index contributed by atoms with van der Waals surface area (Å²) in [6, 6.07) is 8.72. The van der Waals surface area contributed by atoms with Gasteiger partial charge in [0.25, 0.3) is 0 Å². The molecule has 4 nitrogen and oxygen atoms in total. The minimum absolute atomic E-state index is 0.132. The first-order chi connectivity index (χ1) is 10.6. The molecule has 1 aromatic rings. The molecule has 0 radical (unpaired) electrons. The Morgan fingerprint density at radius 1 is 1.18 bits per heavy atom. The van der Waals surface area contributed by atoms with Crippen molar-refractivity contribution in [2.45, 2.75) is 51.1 Å². The van der Waals surface area contributed by atoms with Crippen LogP contribution in [0, 0.1) is 5.92 Å². The second kappa shape index (κ2) is 5.11. The van der Waals surface area contributed by atoms with E-state index in [9.17, 15) is 9.59 Å². The summed E-state index contributed by atoms with van der Waals surface area (Å²) in [4.78, 5) is 29.1. The number of fused-ring (bicyclic) bond motifs is 1. The molecule has 0 aromatic heterocycles. The molecule has 2 amide bonds. The fourth-order valence-corrected chi connectivity index (χ4v) is 4.05. The van der Waals surface area contributed by atoms with Crippen LogP contribution in [0.2, 0.25) is 0 Å². The van der Waals surface area contributed by atoms with Crippen molar-refractivity contribution in [1.29, 1.82) is 0 Å².